The molecule has 2 fully saturated rings. The molecule has 2 aromatic carbocycles. The van der Waals surface area contributed by atoms with Crippen LogP contribution in [0.5, 0.6) is 5.75 Å². The van der Waals surface area contributed by atoms with Crippen LogP contribution in [0.1, 0.15) is 53.9 Å². The SMILES string of the molecule is CC(C)(C)Oc1ccc(I(OS(=O)(=O)CC23CCC(CC2=O)C3(C)C)c2ccccc2)cc1. The van der Waals surface area contributed by atoms with Gasteiger partial charge in [0.05, 0.1) is 0 Å². The molecule has 33 heavy (non-hydrogen) atoms. The van der Waals surface area contributed by atoms with E-state index in [1.807, 2.05) is 89.2 Å². The van der Waals surface area contributed by atoms with Crippen molar-refractivity contribution in [3.8, 4) is 5.75 Å². The number of halogens is 1. The number of hydrogen-bond acceptors (Lipinski definition) is 5. The van der Waals surface area contributed by atoms with Gasteiger partial charge in [-0.05, 0) is 0 Å². The molecule has 2 unspecified atom stereocenters. The van der Waals surface area contributed by atoms with Crippen LogP contribution >= 0.6 is 20.2 Å². The average molecular weight is 585 g/mol. The van der Waals surface area contributed by atoms with Crippen LogP contribution < -0.4 is 4.74 Å². The first-order valence-electron chi connectivity index (χ1n) is 11.3. The zero-order valence-electron chi connectivity index (χ0n) is 19.9. The van der Waals surface area contributed by atoms with Gasteiger partial charge >= 0.3 is 206 Å². The van der Waals surface area contributed by atoms with Gasteiger partial charge < -0.3 is 0 Å². The number of carbonyl (C=O) groups is 1. The summed E-state index contributed by atoms with van der Waals surface area (Å²) in [4.78, 5) is 12.9. The van der Waals surface area contributed by atoms with Crippen molar-refractivity contribution in [1.82, 2.24) is 0 Å². The van der Waals surface area contributed by atoms with Crippen LogP contribution in [0.15, 0.2) is 54.6 Å². The summed E-state index contributed by atoms with van der Waals surface area (Å²) in [5.74, 6) is 0.847. The first-order valence-corrected chi connectivity index (χ1v) is 15.9. The molecule has 2 saturated carbocycles. The third-order valence-electron chi connectivity index (χ3n) is 7.09. The van der Waals surface area contributed by atoms with Gasteiger partial charge in [0.2, 0.25) is 0 Å². The van der Waals surface area contributed by atoms with E-state index in [1.165, 1.54) is 0 Å². The summed E-state index contributed by atoms with van der Waals surface area (Å²) in [6.45, 7) is 10.0. The van der Waals surface area contributed by atoms with E-state index in [4.69, 9.17) is 7.25 Å². The van der Waals surface area contributed by atoms with Crippen molar-refractivity contribution < 1.29 is 20.5 Å². The Morgan fingerprint density at radius 1 is 1.00 bits per heavy atom. The quantitative estimate of drug-likeness (QED) is 0.370. The standard InChI is InChI=1S/C26H33IO5S/c1-24(2,3)31-22-13-11-21(12-14-22)27(20-9-7-6-8-10-20)32-33(29,30)18-26-16-15-19(17-23(26)28)25(26,4)5/h6-14,19H,15-18H2,1-5H3. The van der Waals surface area contributed by atoms with Crippen molar-refractivity contribution in [3.63, 3.8) is 0 Å². The third kappa shape index (κ3) is 4.86. The first kappa shape index (κ1) is 24.7. The molecule has 2 atom stereocenters. The molecule has 0 amide bonds. The van der Waals surface area contributed by atoms with E-state index in [0.29, 0.717) is 12.8 Å². The Bertz CT molecular complexity index is 1120. The van der Waals surface area contributed by atoms with Gasteiger partial charge in [0.1, 0.15) is 0 Å². The second kappa shape index (κ2) is 8.64. The fraction of sp³-hybridized carbons (Fsp3) is 0.500. The maximum atomic E-state index is 13.5. The zero-order valence-corrected chi connectivity index (χ0v) is 22.9. The second-order valence-electron chi connectivity index (χ2n) is 10.6. The Labute approximate surface area is 205 Å². The van der Waals surface area contributed by atoms with Gasteiger partial charge in [-0.15, -0.1) is 0 Å². The van der Waals surface area contributed by atoms with Crippen LogP contribution in [0, 0.1) is 23.9 Å². The van der Waals surface area contributed by atoms with E-state index in [9.17, 15) is 13.2 Å². The van der Waals surface area contributed by atoms with Crippen LogP contribution in [0.4, 0.5) is 0 Å². The topological polar surface area (TPSA) is 69.7 Å². The number of benzene rings is 2. The number of ketones is 1. The van der Waals surface area contributed by atoms with Crippen LogP contribution in [0.25, 0.3) is 0 Å². The molecule has 5 nitrogen and oxygen atoms in total. The Balaban J connectivity index is 1.63. The van der Waals surface area contributed by atoms with Crippen LogP contribution in [-0.4, -0.2) is 25.6 Å². The van der Waals surface area contributed by atoms with E-state index in [1.54, 1.807) is 0 Å². The van der Waals surface area contributed by atoms with Gasteiger partial charge in [0.25, 0.3) is 0 Å². The Morgan fingerprint density at radius 2 is 1.61 bits per heavy atom. The monoisotopic (exact) mass is 584 g/mol. The minimum absolute atomic E-state index is 0.0830. The van der Waals surface area contributed by atoms with Gasteiger partial charge in [0.15, 0.2) is 0 Å². The summed E-state index contributed by atoms with van der Waals surface area (Å²) in [5.41, 5.74) is -1.48. The molecule has 2 aliphatic carbocycles. The fourth-order valence-electron chi connectivity index (χ4n) is 5.23. The van der Waals surface area contributed by atoms with E-state index < -0.39 is 35.8 Å². The molecule has 2 aromatic rings. The summed E-state index contributed by atoms with van der Waals surface area (Å²) in [7, 11) is -3.93. The number of hydrogen-bond donors (Lipinski definition) is 0. The summed E-state index contributed by atoms with van der Waals surface area (Å²) < 4.78 is 40.6. The Morgan fingerprint density at radius 3 is 2.12 bits per heavy atom. The van der Waals surface area contributed by atoms with Crippen molar-refractivity contribution in [2.24, 2.45) is 16.7 Å². The van der Waals surface area contributed by atoms with Crippen molar-refractivity contribution in [2.75, 3.05) is 5.75 Å². The molecule has 0 aliphatic heterocycles. The molecule has 0 spiro atoms. The van der Waals surface area contributed by atoms with Gasteiger partial charge in [-0.3, -0.25) is 0 Å². The zero-order chi connectivity index (χ0) is 24.1. The number of rotatable bonds is 7. The Kier molecular flexibility index (Phi) is 6.46. The van der Waals surface area contributed by atoms with Gasteiger partial charge in [-0.1, -0.05) is 0 Å². The summed E-state index contributed by atoms with van der Waals surface area (Å²) in [6.07, 6.45) is 2.02. The van der Waals surface area contributed by atoms with Gasteiger partial charge in [-0.2, -0.15) is 0 Å². The summed E-state index contributed by atoms with van der Waals surface area (Å²) in [6, 6.07) is 17.1. The summed E-state index contributed by atoms with van der Waals surface area (Å²) in [5, 5.41) is 0. The number of Topliss-reactive ketones (excluding diaryl/α,β-unsaturated/α-hetero) is 1. The van der Waals surface area contributed by atoms with E-state index in [-0.39, 0.29) is 28.5 Å². The molecule has 0 saturated heterocycles. The normalized spacial score (nSPS) is 24.7. The number of carbonyl (C=O) groups excluding carboxylic acids is 1. The summed E-state index contributed by atoms with van der Waals surface area (Å²) >= 11 is -2.78. The molecule has 7 heteroatoms. The molecular formula is C26H33IO5S. The number of ether oxygens (including phenoxy) is 1. The minimum atomic E-state index is -3.93. The third-order valence-corrected chi connectivity index (χ3v) is 14.7. The number of fused-ring (bicyclic) bond motifs is 2. The predicted molar refractivity (Wildman–Crippen MR) is 138 cm³/mol. The molecule has 0 aromatic heterocycles. The maximum absolute atomic E-state index is 13.5. The fourth-order valence-corrected chi connectivity index (χ4v) is 13.0. The van der Waals surface area contributed by atoms with Crippen LogP contribution in [-0.2, 0) is 17.4 Å². The second-order valence-corrected chi connectivity index (χ2v) is 17.2. The molecule has 2 aliphatic rings. The van der Waals surface area contributed by atoms with Gasteiger partial charge in [0, 0.05) is 0 Å². The van der Waals surface area contributed by atoms with Crippen molar-refractivity contribution in [1.29, 1.82) is 0 Å². The molecule has 0 N–H and O–H groups in total. The molecular weight excluding hydrogens is 551 g/mol. The molecule has 0 radical (unpaired) electrons. The van der Waals surface area contributed by atoms with Crippen molar-refractivity contribution in [3.05, 3.63) is 61.7 Å². The van der Waals surface area contributed by atoms with Crippen molar-refractivity contribution in [2.45, 2.75) is 59.5 Å². The molecule has 180 valence electrons. The molecule has 0 heterocycles. The molecule has 2 bridgehead atoms. The van der Waals surface area contributed by atoms with E-state index >= 15 is 0 Å². The van der Waals surface area contributed by atoms with Crippen LogP contribution in [0.3, 0.4) is 0 Å². The predicted octanol–water partition coefficient (Wildman–Crippen LogP) is 6.07. The van der Waals surface area contributed by atoms with E-state index in [0.717, 1.165) is 19.3 Å². The first-order chi connectivity index (χ1) is 15.3. The Hall–Kier alpha value is -1.45. The average Bonchev–Trinajstić information content (AvgIpc) is 3.06. The van der Waals surface area contributed by atoms with Crippen LogP contribution in [0.2, 0.25) is 0 Å². The molecule has 4 rings (SSSR count). The van der Waals surface area contributed by atoms with Crippen molar-refractivity contribution >= 4 is 36.1 Å². The van der Waals surface area contributed by atoms with Gasteiger partial charge in [-0.25, -0.2) is 0 Å². The van der Waals surface area contributed by atoms with E-state index in [2.05, 4.69) is 0 Å².